The van der Waals surface area contributed by atoms with Crippen LogP contribution < -0.4 is 11.5 Å². The molecule has 0 unspecified atom stereocenters. The molecule has 2 aromatic heterocycles. The fourth-order valence-electron chi connectivity index (χ4n) is 2.22. The number of aromatic nitrogens is 4. The van der Waals surface area contributed by atoms with E-state index in [0.29, 0.717) is 0 Å². The first-order valence-electron chi connectivity index (χ1n) is 5.87. The fraction of sp³-hybridized carbons (Fsp3) is 0.500. The maximum atomic E-state index is 14.1. The van der Waals surface area contributed by atoms with Gasteiger partial charge in [-0.3, -0.25) is 4.57 Å². The molecule has 2 aromatic rings. The predicted octanol–water partition coefficient (Wildman–Crippen LogP) is -2.25. The Bertz CT molecular complexity index is 652. The van der Waals surface area contributed by atoms with Crippen molar-refractivity contribution in [3.63, 3.8) is 0 Å². The first-order chi connectivity index (χ1) is 9.52. The number of hydrogen-bond donors (Lipinski definition) is 4. The minimum absolute atomic E-state index is 0. The van der Waals surface area contributed by atoms with Gasteiger partial charge in [0.05, 0.1) is 12.9 Å². The third kappa shape index (κ3) is 2.25. The highest BCUT2D eigenvalue weighted by Crippen LogP contribution is 2.33. The van der Waals surface area contributed by atoms with Gasteiger partial charge in [-0.05, 0) is 0 Å². The molecule has 0 aliphatic carbocycles. The standard InChI is InChI=1S/C10H13FN6O3.H2O/c11-4-6(19)3(1-18)20-9(4)17-2-14-5-7(12)15-10(13)16-8(5)17;/h2-4,6,9,18-19H,1H2,(H4,12,13,15,16);1H2/t3-,4-,6-,9-;/m1./s1. The zero-order chi connectivity index (χ0) is 14.4. The molecule has 0 aromatic carbocycles. The number of aliphatic hydroxyl groups is 2. The molecule has 1 aliphatic heterocycles. The lowest BCUT2D eigenvalue weighted by molar-refractivity contribution is -0.0459. The Morgan fingerprint density at radius 1 is 1.38 bits per heavy atom. The molecule has 10 nitrogen and oxygen atoms in total. The molecule has 21 heavy (non-hydrogen) atoms. The molecule has 1 saturated heterocycles. The number of fused-ring (bicyclic) bond motifs is 1. The molecule has 8 N–H and O–H groups in total. The van der Waals surface area contributed by atoms with E-state index in [0.717, 1.165) is 0 Å². The average Bonchev–Trinajstić information content (AvgIpc) is 2.93. The van der Waals surface area contributed by atoms with Crippen LogP contribution in [-0.2, 0) is 4.74 Å². The lowest BCUT2D eigenvalue weighted by Gasteiger charge is -2.15. The quantitative estimate of drug-likeness (QED) is 0.480. The van der Waals surface area contributed by atoms with Crippen LogP contribution in [0.2, 0.25) is 0 Å². The lowest BCUT2D eigenvalue weighted by atomic mass is 10.1. The zero-order valence-corrected chi connectivity index (χ0v) is 10.7. The first kappa shape index (κ1) is 15.3. The minimum Gasteiger partial charge on any atom is -0.412 e. The molecule has 0 spiro atoms. The molecule has 0 radical (unpaired) electrons. The van der Waals surface area contributed by atoms with Gasteiger partial charge in [0.25, 0.3) is 0 Å². The van der Waals surface area contributed by atoms with E-state index in [9.17, 15) is 9.50 Å². The van der Waals surface area contributed by atoms with Crippen molar-refractivity contribution in [2.45, 2.75) is 24.6 Å². The monoisotopic (exact) mass is 302 g/mol. The molecule has 3 rings (SSSR count). The molecular formula is C10H15FN6O4. The number of halogens is 1. The van der Waals surface area contributed by atoms with Crippen LogP contribution in [0.5, 0.6) is 0 Å². The maximum Gasteiger partial charge on any atom is 0.224 e. The minimum atomic E-state index is -1.73. The van der Waals surface area contributed by atoms with Crippen LogP contribution in [0.3, 0.4) is 0 Å². The van der Waals surface area contributed by atoms with Crippen molar-refractivity contribution >= 4 is 22.9 Å². The van der Waals surface area contributed by atoms with Crippen LogP contribution in [0.1, 0.15) is 6.23 Å². The summed E-state index contributed by atoms with van der Waals surface area (Å²) in [6.07, 6.45) is -4.07. The van der Waals surface area contributed by atoms with Crippen LogP contribution in [0, 0.1) is 0 Å². The molecule has 1 fully saturated rings. The van der Waals surface area contributed by atoms with Crippen molar-refractivity contribution < 1.29 is 24.8 Å². The molecule has 4 atom stereocenters. The number of aliphatic hydroxyl groups excluding tert-OH is 2. The SMILES string of the molecule is Nc1nc(N)c2ncn([C@@H]3O[C@H](CO)[C@@H](O)[C@H]3F)c2n1.O. The van der Waals surface area contributed by atoms with E-state index in [2.05, 4.69) is 15.0 Å². The van der Waals surface area contributed by atoms with Gasteiger partial charge in [-0.15, -0.1) is 0 Å². The summed E-state index contributed by atoms with van der Waals surface area (Å²) in [4.78, 5) is 11.7. The second-order valence-corrected chi connectivity index (χ2v) is 4.47. The number of nitrogen functional groups attached to an aromatic ring is 2. The summed E-state index contributed by atoms with van der Waals surface area (Å²) >= 11 is 0. The topological polar surface area (TPSA) is 177 Å². The fourth-order valence-corrected chi connectivity index (χ4v) is 2.22. The van der Waals surface area contributed by atoms with E-state index in [1.165, 1.54) is 10.9 Å². The molecule has 3 heterocycles. The van der Waals surface area contributed by atoms with Crippen molar-refractivity contribution in [3.8, 4) is 0 Å². The number of ether oxygens (including phenoxy) is 1. The normalized spacial score (nSPS) is 28.7. The van der Waals surface area contributed by atoms with E-state index < -0.39 is 31.2 Å². The number of rotatable bonds is 2. The van der Waals surface area contributed by atoms with E-state index in [1.807, 2.05) is 0 Å². The first-order valence-corrected chi connectivity index (χ1v) is 5.87. The van der Waals surface area contributed by atoms with Crippen molar-refractivity contribution in [3.05, 3.63) is 6.33 Å². The lowest BCUT2D eigenvalue weighted by Crippen LogP contribution is -2.30. The number of nitrogens with zero attached hydrogens (tertiary/aromatic N) is 4. The second kappa shape index (κ2) is 5.37. The Hall–Kier alpha value is -2.08. The van der Waals surface area contributed by atoms with E-state index >= 15 is 0 Å². The number of anilines is 2. The Balaban J connectivity index is 0.00000161. The molecule has 116 valence electrons. The third-order valence-electron chi connectivity index (χ3n) is 3.21. The molecule has 1 aliphatic rings. The highest BCUT2D eigenvalue weighted by Gasteiger charge is 2.45. The summed E-state index contributed by atoms with van der Waals surface area (Å²) in [7, 11) is 0. The number of nitrogens with two attached hydrogens (primary N) is 2. The Labute approximate surface area is 117 Å². The summed E-state index contributed by atoms with van der Waals surface area (Å²) in [6, 6.07) is 0. The zero-order valence-electron chi connectivity index (χ0n) is 10.7. The van der Waals surface area contributed by atoms with Crippen molar-refractivity contribution in [2.75, 3.05) is 18.1 Å². The van der Waals surface area contributed by atoms with Gasteiger partial charge < -0.3 is 31.9 Å². The van der Waals surface area contributed by atoms with Crippen molar-refractivity contribution in [2.24, 2.45) is 0 Å². The summed E-state index contributed by atoms with van der Waals surface area (Å²) in [6.45, 7) is -0.496. The van der Waals surface area contributed by atoms with Gasteiger partial charge in [0.1, 0.15) is 17.7 Å². The number of alkyl halides is 1. The Kier molecular flexibility index (Phi) is 3.91. The summed E-state index contributed by atoms with van der Waals surface area (Å²) < 4.78 is 20.6. The number of hydrogen-bond acceptors (Lipinski definition) is 8. The molecule has 11 heteroatoms. The van der Waals surface area contributed by atoms with Gasteiger partial charge in [-0.2, -0.15) is 9.97 Å². The predicted molar refractivity (Wildman–Crippen MR) is 69.7 cm³/mol. The average molecular weight is 302 g/mol. The summed E-state index contributed by atoms with van der Waals surface area (Å²) in [5.74, 6) is -0.0108. The maximum absolute atomic E-state index is 14.1. The van der Waals surface area contributed by atoms with Crippen LogP contribution in [0.4, 0.5) is 16.2 Å². The van der Waals surface area contributed by atoms with Gasteiger partial charge in [-0.1, -0.05) is 0 Å². The smallest absolute Gasteiger partial charge is 0.224 e. The van der Waals surface area contributed by atoms with E-state index in [-0.39, 0.29) is 28.4 Å². The van der Waals surface area contributed by atoms with Crippen LogP contribution in [0.15, 0.2) is 6.33 Å². The van der Waals surface area contributed by atoms with Crippen molar-refractivity contribution in [1.82, 2.24) is 19.5 Å². The third-order valence-corrected chi connectivity index (χ3v) is 3.21. The molecule has 0 saturated carbocycles. The van der Waals surface area contributed by atoms with Gasteiger partial charge in [0.2, 0.25) is 5.95 Å². The molecular weight excluding hydrogens is 287 g/mol. The van der Waals surface area contributed by atoms with Crippen LogP contribution in [0.25, 0.3) is 11.2 Å². The van der Waals surface area contributed by atoms with Crippen molar-refractivity contribution in [1.29, 1.82) is 0 Å². The van der Waals surface area contributed by atoms with Crippen LogP contribution in [-0.4, -0.2) is 60.2 Å². The molecule has 0 bridgehead atoms. The van der Waals surface area contributed by atoms with E-state index in [4.69, 9.17) is 21.3 Å². The Morgan fingerprint density at radius 2 is 2.10 bits per heavy atom. The largest absolute Gasteiger partial charge is 0.412 e. The van der Waals surface area contributed by atoms with Gasteiger partial charge in [-0.25, -0.2) is 9.37 Å². The summed E-state index contributed by atoms with van der Waals surface area (Å²) in [5, 5.41) is 18.7. The number of imidazole rings is 1. The second-order valence-electron chi connectivity index (χ2n) is 4.47. The van der Waals surface area contributed by atoms with Crippen LogP contribution >= 0.6 is 0 Å². The summed E-state index contributed by atoms with van der Waals surface area (Å²) in [5.41, 5.74) is 11.6. The molecule has 0 amide bonds. The Morgan fingerprint density at radius 3 is 2.71 bits per heavy atom. The van der Waals surface area contributed by atoms with Gasteiger partial charge in [0, 0.05) is 0 Å². The highest BCUT2D eigenvalue weighted by molar-refractivity contribution is 5.82. The van der Waals surface area contributed by atoms with Gasteiger partial charge in [0.15, 0.2) is 23.9 Å². The highest BCUT2D eigenvalue weighted by atomic mass is 19.1. The van der Waals surface area contributed by atoms with Gasteiger partial charge >= 0.3 is 0 Å². The van der Waals surface area contributed by atoms with E-state index in [1.54, 1.807) is 0 Å².